The van der Waals surface area contributed by atoms with Crippen molar-refractivity contribution in [3.63, 3.8) is 0 Å². The Morgan fingerprint density at radius 1 is 0.950 bits per heavy atom. The van der Waals surface area contributed by atoms with Crippen molar-refractivity contribution in [2.24, 2.45) is 7.05 Å². The number of anilines is 1. The van der Waals surface area contributed by atoms with Crippen LogP contribution in [0.5, 0.6) is 0 Å². The van der Waals surface area contributed by atoms with Crippen LogP contribution >= 0.6 is 0 Å². The van der Waals surface area contributed by atoms with Crippen molar-refractivity contribution >= 4 is 22.5 Å². The summed E-state index contributed by atoms with van der Waals surface area (Å²) in [6, 6.07) is 15.9. The van der Waals surface area contributed by atoms with Crippen LogP contribution in [0.1, 0.15) is 0 Å². The second-order valence-corrected chi connectivity index (χ2v) is 4.83. The van der Waals surface area contributed by atoms with E-state index in [-0.39, 0.29) is 0 Å². The second-order valence-electron chi connectivity index (χ2n) is 4.83. The maximum Gasteiger partial charge on any atom is 0.236 e. The van der Waals surface area contributed by atoms with Crippen molar-refractivity contribution in [3.8, 4) is 11.4 Å². The Balaban J connectivity index is 2.16. The lowest BCUT2D eigenvalue weighted by Gasteiger charge is -1.99. The molecule has 0 saturated heterocycles. The average molecular weight is 263 g/mol. The van der Waals surface area contributed by atoms with E-state index in [1.165, 1.54) is 0 Å². The highest BCUT2D eigenvalue weighted by Gasteiger charge is 2.15. The van der Waals surface area contributed by atoms with Crippen LogP contribution < -0.4 is 5.73 Å². The quantitative estimate of drug-likeness (QED) is 0.537. The Kier molecular flexibility index (Phi) is 2.12. The molecule has 2 aromatic heterocycles. The van der Waals surface area contributed by atoms with Crippen molar-refractivity contribution in [1.29, 1.82) is 0 Å². The number of fused-ring (bicyclic) bond motifs is 3. The van der Waals surface area contributed by atoms with Gasteiger partial charge in [-0.25, -0.2) is 0 Å². The number of rotatable bonds is 1. The highest BCUT2D eigenvalue weighted by Crippen LogP contribution is 2.26. The molecule has 0 aliphatic rings. The number of hydrogen-bond donors (Lipinski definition) is 1. The van der Waals surface area contributed by atoms with E-state index < -0.39 is 0 Å². The smallest absolute Gasteiger partial charge is 0.236 e. The minimum Gasteiger partial charge on any atom is -0.399 e. The zero-order valence-electron chi connectivity index (χ0n) is 11.0. The lowest BCUT2D eigenvalue weighted by Crippen LogP contribution is -1.89. The number of aryl methyl sites for hydroxylation is 1. The van der Waals surface area contributed by atoms with Gasteiger partial charge in [-0.3, -0.25) is 4.40 Å². The predicted molar refractivity (Wildman–Crippen MR) is 79.3 cm³/mol. The molecule has 0 amide bonds. The van der Waals surface area contributed by atoms with Gasteiger partial charge in [0.2, 0.25) is 5.78 Å². The summed E-state index contributed by atoms with van der Waals surface area (Å²) in [5.74, 6) is 1.64. The van der Waals surface area contributed by atoms with Crippen LogP contribution in [0.15, 0.2) is 48.5 Å². The number of nitrogens with two attached hydrogens (primary N) is 1. The first-order valence-electron chi connectivity index (χ1n) is 6.40. The topological polar surface area (TPSA) is 61.1 Å². The molecule has 20 heavy (non-hydrogen) atoms. The van der Waals surface area contributed by atoms with Crippen molar-refractivity contribution in [1.82, 2.24) is 19.2 Å². The number of aromatic nitrogens is 4. The van der Waals surface area contributed by atoms with E-state index in [4.69, 9.17) is 5.73 Å². The Labute approximate surface area is 115 Å². The molecule has 5 nitrogen and oxygen atoms in total. The summed E-state index contributed by atoms with van der Waals surface area (Å²) in [4.78, 5) is 0. The summed E-state index contributed by atoms with van der Waals surface area (Å²) in [6.45, 7) is 0. The van der Waals surface area contributed by atoms with Gasteiger partial charge in [0, 0.05) is 18.3 Å². The number of hydrogen-bond acceptors (Lipinski definition) is 3. The SMILES string of the molecule is Cn1c2ccc(N)cc2n2c(-c3ccccc3)nnc12. The van der Waals surface area contributed by atoms with Crippen LogP contribution in [0.4, 0.5) is 5.69 Å². The molecular weight excluding hydrogens is 250 g/mol. The summed E-state index contributed by atoms with van der Waals surface area (Å²) in [5.41, 5.74) is 9.79. The van der Waals surface area contributed by atoms with E-state index in [2.05, 4.69) is 10.2 Å². The molecule has 0 atom stereocenters. The Bertz CT molecular complexity index is 918. The van der Waals surface area contributed by atoms with Crippen molar-refractivity contribution in [2.75, 3.05) is 5.73 Å². The highest BCUT2D eigenvalue weighted by molar-refractivity contribution is 5.85. The molecule has 0 spiro atoms. The molecule has 4 aromatic rings. The largest absolute Gasteiger partial charge is 0.399 e. The predicted octanol–water partition coefficient (Wildman–Crippen LogP) is 2.47. The minimum atomic E-state index is 0.734. The van der Waals surface area contributed by atoms with Crippen molar-refractivity contribution < 1.29 is 0 Å². The zero-order chi connectivity index (χ0) is 13.7. The second kappa shape index (κ2) is 3.84. The molecule has 2 aromatic carbocycles. The molecule has 0 unspecified atom stereocenters. The van der Waals surface area contributed by atoms with Crippen LogP contribution in [0.3, 0.4) is 0 Å². The van der Waals surface area contributed by atoms with Crippen molar-refractivity contribution in [2.45, 2.75) is 0 Å². The number of nitrogen functional groups attached to an aromatic ring is 1. The first-order valence-corrected chi connectivity index (χ1v) is 6.40. The fraction of sp³-hybridized carbons (Fsp3) is 0.0667. The van der Waals surface area contributed by atoms with Crippen LogP contribution in [-0.4, -0.2) is 19.2 Å². The summed E-state index contributed by atoms with van der Waals surface area (Å²) in [7, 11) is 1.98. The fourth-order valence-electron chi connectivity index (χ4n) is 2.60. The van der Waals surface area contributed by atoms with E-state index in [1.807, 2.05) is 64.5 Å². The highest BCUT2D eigenvalue weighted by atomic mass is 15.3. The summed E-state index contributed by atoms with van der Waals surface area (Å²) in [5, 5.41) is 8.61. The van der Waals surface area contributed by atoms with E-state index in [0.717, 1.165) is 33.9 Å². The monoisotopic (exact) mass is 263 g/mol. The molecule has 2 heterocycles. The van der Waals surface area contributed by atoms with Crippen LogP contribution in [-0.2, 0) is 7.05 Å². The molecule has 0 fully saturated rings. The molecule has 5 heteroatoms. The molecule has 98 valence electrons. The third kappa shape index (κ3) is 1.37. The van der Waals surface area contributed by atoms with Gasteiger partial charge in [0.15, 0.2) is 5.82 Å². The Morgan fingerprint density at radius 2 is 1.75 bits per heavy atom. The summed E-state index contributed by atoms with van der Waals surface area (Å²) < 4.78 is 4.06. The van der Waals surface area contributed by atoms with E-state index in [9.17, 15) is 0 Å². The maximum atomic E-state index is 5.92. The number of benzene rings is 2. The van der Waals surface area contributed by atoms with Gasteiger partial charge in [0.25, 0.3) is 0 Å². The van der Waals surface area contributed by atoms with Gasteiger partial charge in [-0.2, -0.15) is 0 Å². The van der Waals surface area contributed by atoms with Crippen LogP contribution in [0.25, 0.3) is 28.2 Å². The summed E-state index contributed by atoms with van der Waals surface area (Å²) in [6.07, 6.45) is 0. The van der Waals surface area contributed by atoms with E-state index >= 15 is 0 Å². The Hall–Kier alpha value is -2.82. The van der Waals surface area contributed by atoms with E-state index in [0.29, 0.717) is 0 Å². The first kappa shape index (κ1) is 11.0. The molecule has 0 saturated carbocycles. The minimum absolute atomic E-state index is 0.734. The molecule has 4 rings (SSSR count). The third-order valence-electron chi connectivity index (χ3n) is 3.58. The first-order chi connectivity index (χ1) is 9.75. The number of nitrogens with zero attached hydrogens (tertiary/aromatic N) is 4. The zero-order valence-corrected chi connectivity index (χ0v) is 11.0. The molecular formula is C15H13N5. The van der Waals surface area contributed by atoms with Gasteiger partial charge in [-0.15, -0.1) is 10.2 Å². The van der Waals surface area contributed by atoms with Crippen molar-refractivity contribution in [3.05, 3.63) is 48.5 Å². The van der Waals surface area contributed by atoms with Gasteiger partial charge in [0.05, 0.1) is 11.0 Å². The van der Waals surface area contributed by atoms with E-state index in [1.54, 1.807) is 0 Å². The average Bonchev–Trinajstić information content (AvgIpc) is 3.01. The number of imidazole rings is 1. The standard InChI is InChI=1S/C15H13N5/c1-19-12-8-7-11(16)9-13(12)20-14(17-18-15(19)20)10-5-3-2-4-6-10/h2-9H,16H2,1H3. The maximum absolute atomic E-state index is 5.92. The lowest BCUT2D eigenvalue weighted by molar-refractivity contribution is 0.954. The molecule has 0 aliphatic carbocycles. The lowest BCUT2D eigenvalue weighted by atomic mass is 10.2. The van der Waals surface area contributed by atoms with Gasteiger partial charge >= 0.3 is 0 Å². The molecule has 0 aliphatic heterocycles. The fourth-order valence-corrected chi connectivity index (χ4v) is 2.60. The Morgan fingerprint density at radius 3 is 2.55 bits per heavy atom. The summed E-state index contributed by atoms with van der Waals surface area (Å²) >= 11 is 0. The molecule has 0 bridgehead atoms. The van der Waals surface area contributed by atoms with Gasteiger partial charge in [-0.05, 0) is 18.2 Å². The van der Waals surface area contributed by atoms with Gasteiger partial charge in [-0.1, -0.05) is 30.3 Å². The normalized spacial score (nSPS) is 11.4. The van der Waals surface area contributed by atoms with Crippen LogP contribution in [0, 0.1) is 0 Å². The third-order valence-corrected chi connectivity index (χ3v) is 3.58. The molecule has 0 radical (unpaired) electrons. The van der Waals surface area contributed by atoms with Crippen LogP contribution in [0.2, 0.25) is 0 Å². The van der Waals surface area contributed by atoms with Gasteiger partial charge in [0.1, 0.15) is 0 Å². The van der Waals surface area contributed by atoms with Gasteiger partial charge < -0.3 is 10.3 Å². The molecule has 2 N–H and O–H groups in total.